The van der Waals surface area contributed by atoms with E-state index in [4.69, 9.17) is 9.72 Å². The molecule has 4 rings (SSSR count). The number of aromatic nitrogens is 3. The molecular weight excluding hydrogens is 366 g/mol. The number of anilines is 3. The zero-order valence-electron chi connectivity index (χ0n) is 15.8. The van der Waals surface area contributed by atoms with Crippen molar-refractivity contribution in [2.75, 3.05) is 36.2 Å². The van der Waals surface area contributed by atoms with E-state index in [0.717, 1.165) is 23.5 Å². The lowest BCUT2D eigenvalue weighted by atomic mass is 10.0. The van der Waals surface area contributed by atoms with Gasteiger partial charge in [0.25, 0.3) is 0 Å². The summed E-state index contributed by atoms with van der Waals surface area (Å²) in [5, 5.41) is 10.1. The van der Waals surface area contributed by atoms with Crippen molar-refractivity contribution in [2.45, 2.75) is 37.5 Å². The predicted molar refractivity (Wildman–Crippen MR) is 104 cm³/mol. The molecule has 146 valence electrons. The van der Waals surface area contributed by atoms with Crippen LogP contribution in [-0.4, -0.2) is 55.7 Å². The summed E-state index contributed by atoms with van der Waals surface area (Å²) in [4.78, 5) is 7.01. The smallest absolute Gasteiger partial charge is 0.157 e. The number of H-pyrrole nitrogens is 1. The molecule has 2 aliphatic rings. The van der Waals surface area contributed by atoms with Crippen LogP contribution in [0.2, 0.25) is 0 Å². The minimum atomic E-state index is -3.23. The maximum absolute atomic E-state index is 12.6. The van der Waals surface area contributed by atoms with Crippen LogP contribution in [0.5, 0.6) is 0 Å². The van der Waals surface area contributed by atoms with Crippen molar-refractivity contribution in [3.63, 3.8) is 0 Å². The summed E-state index contributed by atoms with van der Waals surface area (Å²) in [5.74, 6) is 2.15. The number of hydrogen-bond donors (Lipinski definition) is 2. The highest BCUT2D eigenvalue weighted by atomic mass is 32.2. The number of aromatic amines is 1. The van der Waals surface area contributed by atoms with Gasteiger partial charge < -0.3 is 15.0 Å². The average Bonchev–Trinajstić information content (AvgIpc) is 3.28. The van der Waals surface area contributed by atoms with Crippen LogP contribution < -0.4 is 10.2 Å². The molecule has 0 amide bonds. The Morgan fingerprint density at radius 1 is 1.41 bits per heavy atom. The lowest BCUT2D eigenvalue weighted by Gasteiger charge is -2.35. The van der Waals surface area contributed by atoms with Crippen molar-refractivity contribution in [1.82, 2.24) is 15.2 Å². The van der Waals surface area contributed by atoms with Crippen LogP contribution in [-0.2, 0) is 19.3 Å². The monoisotopic (exact) mass is 391 g/mol. The van der Waals surface area contributed by atoms with E-state index in [9.17, 15) is 8.42 Å². The number of ether oxygens (including phenoxy) is 1. The third-order valence-electron chi connectivity index (χ3n) is 5.58. The molecule has 1 atom stereocenters. The first kappa shape index (κ1) is 18.2. The summed E-state index contributed by atoms with van der Waals surface area (Å²) in [7, 11) is -3.23. The molecule has 1 saturated carbocycles. The minimum absolute atomic E-state index is 0.176. The van der Waals surface area contributed by atoms with Crippen molar-refractivity contribution >= 4 is 27.3 Å². The fourth-order valence-electron chi connectivity index (χ4n) is 3.81. The van der Waals surface area contributed by atoms with Gasteiger partial charge in [-0.15, -0.1) is 0 Å². The molecule has 2 N–H and O–H groups in total. The van der Waals surface area contributed by atoms with E-state index in [1.165, 1.54) is 6.26 Å². The van der Waals surface area contributed by atoms with Crippen LogP contribution in [0.3, 0.4) is 0 Å². The molecule has 1 saturated heterocycles. The molecule has 8 nitrogen and oxygen atoms in total. The number of sulfone groups is 1. The number of morpholine rings is 1. The van der Waals surface area contributed by atoms with Crippen molar-refractivity contribution in [3.05, 3.63) is 29.5 Å². The van der Waals surface area contributed by atoms with Crippen LogP contribution in [0.15, 0.2) is 18.3 Å². The lowest BCUT2D eigenvalue weighted by Crippen LogP contribution is -2.44. The van der Waals surface area contributed by atoms with Crippen LogP contribution in [0.4, 0.5) is 17.5 Å². The van der Waals surface area contributed by atoms with Gasteiger partial charge >= 0.3 is 0 Å². The molecule has 0 aromatic carbocycles. The molecule has 0 radical (unpaired) electrons. The second kappa shape index (κ2) is 6.49. The van der Waals surface area contributed by atoms with Gasteiger partial charge in [-0.2, -0.15) is 5.10 Å². The predicted octanol–water partition coefficient (Wildman–Crippen LogP) is 2.12. The van der Waals surface area contributed by atoms with E-state index in [1.54, 1.807) is 6.20 Å². The molecular formula is C18H25N5O3S. The molecule has 2 aromatic rings. The second-order valence-corrected chi connectivity index (χ2v) is 9.81. The summed E-state index contributed by atoms with van der Waals surface area (Å²) >= 11 is 0. The van der Waals surface area contributed by atoms with Crippen molar-refractivity contribution in [1.29, 1.82) is 0 Å². The summed E-state index contributed by atoms with van der Waals surface area (Å²) in [6.45, 7) is 6.01. The molecule has 2 aromatic heterocycles. The quantitative estimate of drug-likeness (QED) is 0.805. The third-order valence-corrected chi connectivity index (χ3v) is 7.63. The first-order chi connectivity index (χ1) is 12.8. The van der Waals surface area contributed by atoms with E-state index in [1.807, 2.05) is 19.1 Å². The largest absolute Gasteiger partial charge is 0.377 e. The third kappa shape index (κ3) is 3.19. The lowest BCUT2D eigenvalue weighted by molar-refractivity contribution is 0.0985. The molecule has 0 unspecified atom stereocenters. The SMILES string of the molecule is Cc1c(C2(S(C)(=O)=O)CC2)cc(N2CCOC[C@H]2C)nc1Nc1ccn[nH]1. The van der Waals surface area contributed by atoms with E-state index < -0.39 is 14.6 Å². The van der Waals surface area contributed by atoms with E-state index >= 15 is 0 Å². The van der Waals surface area contributed by atoms with Gasteiger partial charge in [0.2, 0.25) is 0 Å². The number of hydrogen-bond acceptors (Lipinski definition) is 7. The summed E-state index contributed by atoms with van der Waals surface area (Å²) in [6, 6.07) is 3.95. The van der Waals surface area contributed by atoms with Gasteiger partial charge in [0, 0.05) is 18.9 Å². The van der Waals surface area contributed by atoms with Crippen LogP contribution >= 0.6 is 0 Å². The Balaban J connectivity index is 1.83. The standard InChI is InChI=1S/C18H25N5O3S/c1-12-11-26-9-8-23(12)16-10-14(18(5-6-18)27(3,24)25)13(2)17(21-16)20-15-4-7-19-22-15/h4,7,10,12H,5-6,8-9,11H2,1-3H3,(H2,19,20,21,22)/t12-/m1/s1. The Morgan fingerprint density at radius 2 is 2.19 bits per heavy atom. The van der Waals surface area contributed by atoms with Crippen molar-refractivity contribution < 1.29 is 13.2 Å². The van der Waals surface area contributed by atoms with Gasteiger partial charge in [0.05, 0.1) is 30.2 Å². The minimum Gasteiger partial charge on any atom is -0.377 e. The molecule has 27 heavy (non-hydrogen) atoms. The van der Waals surface area contributed by atoms with Crippen molar-refractivity contribution in [3.8, 4) is 0 Å². The Morgan fingerprint density at radius 3 is 2.78 bits per heavy atom. The average molecular weight is 391 g/mol. The first-order valence-corrected chi connectivity index (χ1v) is 11.0. The van der Waals surface area contributed by atoms with Gasteiger partial charge in [0.15, 0.2) is 9.84 Å². The van der Waals surface area contributed by atoms with Crippen LogP contribution in [0.25, 0.3) is 0 Å². The van der Waals surface area contributed by atoms with Gasteiger partial charge in [-0.1, -0.05) is 0 Å². The number of pyridine rings is 1. The van der Waals surface area contributed by atoms with E-state index in [0.29, 0.717) is 37.7 Å². The molecule has 9 heteroatoms. The van der Waals surface area contributed by atoms with Crippen molar-refractivity contribution in [2.24, 2.45) is 0 Å². The van der Waals surface area contributed by atoms with Gasteiger partial charge in [-0.3, -0.25) is 5.10 Å². The first-order valence-electron chi connectivity index (χ1n) is 9.14. The fourth-order valence-corrected chi connectivity index (χ4v) is 5.27. The maximum atomic E-state index is 12.6. The van der Waals surface area contributed by atoms with Crippen LogP contribution in [0, 0.1) is 6.92 Å². The van der Waals surface area contributed by atoms with E-state index in [2.05, 4.69) is 27.3 Å². The van der Waals surface area contributed by atoms with E-state index in [-0.39, 0.29) is 6.04 Å². The van der Waals surface area contributed by atoms with Gasteiger partial charge in [0.1, 0.15) is 17.5 Å². The second-order valence-electron chi connectivity index (χ2n) is 7.48. The molecule has 1 aliphatic carbocycles. The fraction of sp³-hybridized carbons (Fsp3) is 0.556. The molecule has 1 aliphatic heterocycles. The summed E-state index contributed by atoms with van der Waals surface area (Å²) in [6.07, 6.45) is 4.29. The van der Waals surface area contributed by atoms with Gasteiger partial charge in [-0.25, -0.2) is 13.4 Å². The highest BCUT2D eigenvalue weighted by Crippen LogP contribution is 2.54. The number of nitrogens with zero attached hydrogens (tertiary/aromatic N) is 3. The normalized spacial score (nSPS) is 21.9. The number of rotatable bonds is 5. The summed E-state index contributed by atoms with van der Waals surface area (Å²) in [5.41, 5.74) is 1.70. The molecule has 2 fully saturated rings. The highest BCUT2D eigenvalue weighted by Gasteiger charge is 2.54. The molecule has 0 bridgehead atoms. The Hall–Kier alpha value is -2.13. The number of nitrogens with one attached hydrogen (secondary N) is 2. The topological polar surface area (TPSA) is 100 Å². The zero-order valence-corrected chi connectivity index (χ0v) is 16.6. The zero-order chi connectivity index (χ0) is 19.2. The van der Waals surface area contributed by atoms with Crippen LogP contribution in [0.1, 0.15) is 30.9 Å². The molecule has 3 heterocycles. The summed E-state index contributed by atoms with van der Waals surface area (Å²) < 4.78 is 29.9. The Kier molecular flexibility index (Phi) is 4.38. The highest BCUT2D eigenvalue weighted by molar-refractivity contribution is 7.92. The Labute approximate surface area is 159 Å². The Bertz CT molecular complexity index is 938. The maximum Gasteiger partial charge on any atom is 0.157 e. The molecule has 0 spiro atoms. The van der Waals surface area contributed by atoms with Gasteiger partial charge in [-0.05, 0) is 43.9 Å².